The van der Waals surface area contributed by atoms with Gasteiger partial charge in [-0.3, -0.25) is 19.3 Å². The molecular formula is C21H19F3N2O4. The van der Waals surface area contributed by atoms with E-state index in [0.29, 0.717) is 30.6 Å². The first-order valence-electron chi connectivity index (χ1n) is 9.95. The van der Waals surface area contributed by atoms with Crippen molar-refractivity contribution in [2.75, 3.05) is 18.0 Å². The van der Waals surface area contributed by atoms with Crippen molar-refractivity contribution in [1.29, 1.82) is 0 Å². The highest BCUT2D eigenvalue weighted by Gasteiger charge is 2.59. The van der Waals surface area contributed by atoms with E-state index in [1.165, 1.54) is 17.0 Å². The summed E-state index contributed by atoms with van der Waals surface area (Å²) in [6.07, 6.45) is 1.08. The van der Waals surface area contributed by atoms with Gasteiger partial charge in [-0.2, -0.15) is 0 Å². The van der Waals surface area contributed by atoms with Crippen LogP contribution in [0.5, 0.6) is 5.75 Å². The van der Waals surface area contributed by atoms with Gasteiger partial charge in [0.2, 0.25) is 17.7 Å². The van der Waals surface area contributed by atoms with E-state index < -0.39 is 12.3 Å². The van der Waals surface area contributed by atoms with E-state index in [-0.39, 0.29) is 47.8 Å². The summed E-state index contributed by atoms with van der Waals surface area (Å²) >= 11 is 0. The predicted octanol–water partition coefficient (Wildman–Crippen LogP) is 2.67. The molecule has 6 nitrogen and oxygen atoms in total. The Hall–Kier alpha value is -2.84. The minimum absolute atomic E-state index is 0.0688. The Morgan fingerprint density at radius 1 is 1.10 bits per heavy atom. The molecule has 4 unspecified atom stereocenters. The number of nitrogens with zero attached hydrogens (tertiary/aromatic N) is 2. The summed E-state index contributed by atoms with van der Waals surface area (Å²) in [5.41, 5.74) is 1.05. The molecule has 158 valence electrons. The van der Waals surface area contributed by atoms with E-state index in [4.69, 9.17) is 0 Å². The van der Waals surface area contributed by atoms with Gasteiger partial charge in [0, 0.05) is 12.2 Å². The van der Waals surface area contributed by atoms with Crippen LogP contribution in [0, 0.1) is 23.7 Å². The maximum absolute atomic E-state index is 13.0. The Bertz CT molecular complexity index is 943. The number of anilines is 1. The van der Waals surface area contributed by atoms with Crippen LogP contribution in [0.3, 0.4) is 0 Å². The zero-order valence-electron chi connectivity index (χ0n) is 15.9. The van der Waals surface area contributed by atoms with Crippen LogP contribution in [0.25, 0.3) is 0 Å². The lowest BCUT2D eigenvalue weighted by Crippen LogP contribution is -2.45. The third kappa shape index (κ3) is 2.98. The van der Waals surface area contributed by atoms with Crippen molar-refractivity contribution in [2.24, 2.45) is 23.7 Å². The minimum atomic E-state index is -4.79. The number of allylic oxidation sites excluding steroid dienone is 2. The van der Waals surface area contributed by atoms with E-state index in [0.717, 1.165) is 17.4 Å². The molecule has 2 aliphatic carbocycles. The second-order valence-corrected chi connectivity index (χ2v) is 8.25. The Kier molecular flexibility index (Phi) is 4.20. The van der Waals surface area contributed by atoms with Crippen molar-refractivity contribution in [3.63, 3.8) is 0 Å². The van der Waals surface area contributed by atoms with Gasteiger partial charge in [0.05, 0.1) is 11.8 Å². The van der Waals surface area contributed by atoms with E-state index in [9.17, 15) is 27.6 Å². The number of carbonyl (C=O) groups is 3. The molecular weight excluding hydrogens is 401 g/mol. The fourth-order valence-electron chi connectivity index (χ4n) is 5.37. The molecule has 0 N–H and O–H groups in total. The van der Waals surface area contributed by atoms with Crippen LogP contribution >= 0.6 is 0 Å². The van der Waals surface area contributed by atoms with Gasteiger partial charge < -0.3 is 9.64 Å². The van der Waals surface area contributed by atoms with Crippen molar-refractivity contribution in [1.82, 2.24) is 4.90 Å². The predicted molar refractivity (Wildman–Crippen MR) is 98.2 cm³/mol. The molecule has 1 saturated carbocycles. The lowest BCUT2D eigenvalue weighted by atomic mass is 9.85. The highest BCUT2D eigenvalue weighted by molar-refractivity contribution is 6.10. The molecule has 0 radical (unpaired) electrons. The molecule has 0 spiro atoms. The Balaban J connectivity index is 1.33. The van der Waals surface area contributed by atoms with Gasteiger partial charge in [-0.25, -0.2) is 0 Å². The van der Waals surface area contributed by atoms with Crippen LogP contribution in [-0.4, -0.2) is 42.1 Å². The summed E-state index contributed by atoms with van der Waals surface area (Å²) in [6, 6.07) is 3.86. The van der Waals surface area contributed by atoms with E-state index in [1.807, 2.05) is 12.2 Å². The van der Waals surface area contributed by atoms with Crippen molar-refractivity contribution >= 4 is 23.4 Å². The van der Waals surface area contributed by atoms with Gasteiger partial charge in [0.25, 0.3) is 0 Å². The molecule has 2 aliphatic heterocycles. The maximum atomic E-state index is 13.0. The first kappa shape index (κ1) is 19.1. The minimum Gasteiger partial charge on any atom is -0.406 e. The summed E-state index contributed by atoms with van der Waals surface area (Å²) in [4.78, 5) is 41.1. The van der Waals surface area contributed by atoms with Gasteiger partial charge in [-0.15, -0.1) is 13.2 Å². The van der Waals surface area contributed by atoms with Crippen LogP contribution in [-0.2, 0) is 20.8 Å². The highest BCUT2D eigenvalue weighted by Crippen LogP contribution is 2.52. The number of imide groups is 1. The summed E-state index contributed by atoms with van der Waals surface area (Å²) in [6.45, 7) is 0.0333. The molecule has 0 aromatic heterocycles. The second-order valence-electron chi connectivity index (χ2n) is 8.25. The van der Waals surface area contributed by atoms with Crippen LogP contribution in [0.1, 0.15) is 18.4 Å². The number of likely N-dealkylation sites (tertiary alicyclic amines) is 1. The zero-order valence-corrected chi connectivity index (χ0v) is 15.9. The first-order valence-corrected chi connectivity index (χ1v) is 9.95. The molecule has 2 bridgehead atoms. The largest absolute Gasteiger partial charge is 0.573 e. The monoisotopic (exact) mass is 420 g/mol. The fourth-order valence-corrected chi connectivity index (χ4v) is 5.37. The normalized spacial score (nSPS) is 29.4. The van der Waals surface area contributed by atoms with Crippen LogP contribution in [0.2, 0.25) is 0 Å². The number of ether oxygens (including phenoxy) is 1. The van der Waals surface area contributed by atoms with Gasteiger partial charge in [0.15, 0.2) is 0 Å². The average molecular weight is 420 g/mol. The molecule has 1 aromatic carbocycles. The van der Waals surface area contributed by atoms with Crippen molar-refractivity contribution < 1.29 is 32.3 Å². The molecule has 2 fully saturated rings. The molecule has 5 rings (SSSR count). The zero-order chi connectivity index (χ0) is 21.2. The molecule has 30 heavy (non-hydrogen) atoms. The molecule has 4 aliphatic rings. The number of alkyl halides is 3. The van der Waals surface area contributed by atoms with Crippen molar-refractivity contribution in [3.8, 4) is 5.75 Å². The molecule has 4 atom stereocenters. The number of hydrogen-bond acceptors (Lipinski definition) is 4. The quantitative estimate of drug-likeness (QED) is 0.557. The number of aryl methyl sites for hydroxylation is 1. The molecule has 2 heterocycles. The Morgan fingerprint density at radius 3 is 2.40 bits per heavy atom. The highest BCUT2D eigenvalue weighted by atomic mass is 19.4. The number of fused-ring (bicyclic) bond motifs is 6. The van der Waals surface area contributed by atoms with E-state index in [2.05, 4.69) is 4.74 Å². The summed E-state index contributed by atoms with van der Waals surface area (Å²) in [5, 5.41) is 0. The lowest BCUT2D eigenvalue weighted by molar-refractivity contribution is -0.274. The number of hydrogen-bond donors (Lipinski definition) is 0. The number of benzene rings is 1. The Labute approximate surface area is 170 Å². The van der Waals surface area contributed by atoms with Crippen molar-refractivity contribution in [2.45, 2.75) is 25.6 Å². The number of halogens is 3. The van der Waals surface area contributed by atoms with Crippen LogP contribution < -0.4 is 9.64 Å². The molecule has 9 heteroatoms. The third-order valence-corrected chi connectivity index (χ3v) is 6.56. The number of rotatable bonds is 3. The van der Waals surface area contributed by atoms with Crippen LogP contribution in [0.15, 0.2) is 30.4 Å². The van der Waals surface area contributed by atoms with Crippen molar-refractivity contribution in [3.05, 3.63) is 35.9 Å². The average Bonchev–Trinajstić information content (AvgIpc) is 3.36. The standard InChI is InChI=1S/C21H19F3N2O4/c22-21(23,24)30-14-5-6-15-11(9-14)2-1-7-25(15)16(27)10-26-19(28)17-12-3-4-13(8-12)18(17)20(26)29/h3-6,9,12-13,17-18H,1-2,7-8,10H2. The first-order chi connectivity index (χ1) is 14.2. The van der Waals surface area contributed by atoms with E-state index in [1.54, 1.807) is 0 Å². The second kappa shape index (κ2) is 6.58. The SMILES string of the molecule is O=C1C2C3C=CC(C3)C2C(=O)N1CC(=O)N1CCCc2cc(OC(F)(F)F)ccc21. The lowest BCUT2D eigenvalue weighted by Gasteiger charge is -2.31. The Morgan fingerprint density at radius 2 is 1.77 bits per heavy atom. The van der Waals surface area contributed by atoms with Gasteiger partial charge >= 0.3 is 6.36 Å². The summed E-state index contributed by atoms with van der Waals surface area (Å²) in [5.74, 6) is -1.92. The van der Waals surface area contributed by atoms with E-state index >= 15 is 0 Å². The topological polar surface area (TPSA) is 66.9 Å². The molecule has 1 saturated heterocycles. The molecule has 3 amide bonds. The van der Waals surface area contributed by atoms with Gasteiger partial charge in [0.1, 0.15) is 12.3 Å². The van der Waals surface area contributed by atoms with Crippen LogP contribution in [0.4, 0.5) is 18.9 Å². The number of carbonyl (C=O) groups excluding carboxylic acids is 3. The number of amides is 3. The molecule has 1 aromatic rings. The van der Waals surface area contributed by atoms with Gasteiger partial charge in [-0.05, 0) is 54.9 Å². The smallest absolute Gasteiger partial charge is 0.406 e. The summed E-state index contributed by atoms with van der Waals surface area (Å²) < 4.78 is 41.4. The third-order valence-electron chi connectivity index (χ3n) is 6.56. The fraction of sp³-hybridized carbons (Fsp3) is 0.476. The van der Waals surface area contributed by atoms with Gasteiger partial charge in [-0.1, -0.05) is 12.2 Å². The maximum Gasteiger partial charge on any atom is 0.573 e. The summed E-state index contributed by atoms with van der Waals surface area (Å²) in [7, 11) is 0.